The van der Waals surface area contributed by atoms with Crippen molar-refractivity contribution in [3.63, 3.8) is 0 Å². The summed E-state index contributed by atoms with van der Waals surface area (Å²) < 4.78 is 11.5. The first-order valence-corrected chi connectivity index (χ1v) is 8.09. The third-order valence-corrected chi connectivity index (χ3v) is 3.80. The zero-order valence-electron chi connectivity index (χ0n) is 13.0. The molecule has 0 bridgehead atoms. The van der Waals surface area contributed by atoms with Crippen LogP contribution < -0.4 is 10.1 Å². The standard InChI is InChI=1S/C18H27NO2/c1-3-4-5-6-10-13-18-19-17(14-20-18)15(2)21-16-11-8-7-9-12-16/h7-9,11-12,17-19H,2-6,10,13-14H2,1H3. The molecule has 1 aliphatic rings. The summed E-state index contributed by atoms with van der Waals surface area (Å²) in [5.41, 5.74) is 0. The lowest BCUT2D eigenvalue weighted by atomic mass is 10.1. The van der Waals surface area contributed by atoms with Crippen LogP contribution in [0, 0.1) is 0 Å². The highest BCUT2D eigenvalue weighted by atomic mass is 16.5. The van der Waals surface area contributed by atoms with Gasteiger partial charge in [0.1, 0.15) is 17.7 Å². The average molecular weight is 289 g/mol. The number of para-hydroxylation sites is 1. The molecular formula is C18H27NO2. The minimum absolute atomic E-state index is 0.0887. The van der Waals surface area contributed by atoms with E-state index in [1.54, 1.807) is 0 Å². The van der Waals surface area contributed by atoms with Crippen molar-refractivity contribution in [2.75, 3.05) is 6.61 Å². The highest BCUT2D eigenvalue weighted by Gasteiger charge is 2.27. The van der Waals surface area contributed by atoms with Crippen molar-refractivity contribution in [2.45, 2.75) is 57.7 Å². The van der Waals surface area contributed by atoms with Crippen LogP contribution >= 0.6 is 0 Å². The summed E-state index contributed by atoms with van der Waals surface area (Å²) in [5.74, 6) is 1.56. The molecule has 0 radical (unpaired) electrons. The third-order valence-electron chi connectivity index (χ3n) is 3.80. The molecule has 2 rings (SSSR count). The van der Waals surface area contributed by atoms with E-state index in [0.717, 1.165) is 17.9 Å². The number of rotatable bonds is 9. The molecular weight excluding hydrogens is 262 g/mol. The number of nitrogens with one attached hydrogen (secondary N) is 1. The molecule has 1 fully saturated rings. The maximum Gasteiger partial charge on any atom is 0.126 e. The Kier molecular flexibility index (Phi) is 6.77. The van der Waals surface area contributed by atoms with Crippen molar-refractivity contribution < 1.29 is 9.47 Å². The Labute approximate surface area is 128 Å². The van der Waals surface area contributed by atoms with Crippen LogP contribution in [0.25, 0.3) is 0 Å². The van der Waals surface area contributed by atoms with Crippen molar-refractivity contribution in [1.82, 2.24) is 5.32 Å². The first-order valence-electron chi connectivity index (χ1n) is 8.09. The van der Waals surface area contributed by atoms with Gasteiger partial charge in [0.15, 0.2) is 0 Å². The maximum absolute atomic E-state index is 5.78. The lowest BCUT2D eigenvalue weighted by Gasteiger charge is -2.15. The second-order valence-corrected chi connectivity index (χ2v) is 5.63. The number of benzene rings is 1. The summed E-state index contributed by atoms with van der Waals surface area (Å²) in [6.45, 7) is 6.91. The number of hydrogen-bond donors (Lipinski definition) is 1. The van der Waals surface area contributed by atoms with Gasteiger partial charge in [-0.2, -0.15) is 0 Å². The number of unbranched alkanes of at least 4 members (excludes halogenated alkanes) is 4. The molecule has 0 saturated carbocycles. The fraction of sp³-hybridized carbons (Fsp3) is 0.556. The molecule has 2 unspecified atom stereocenters. The van der Waals surface area contributed by atoms with Crippen LogP contribution in [0.5, 0.6) is 5.75 Å². The Balaban J connectivity index is 1.66. The Morgan fingerprint density at radius 1 is 1.24 bits per heavy atom. The maximum atomic E-state index is 5.78. The lowest BCUT2D eigenvalue weighted by molar-refractivity contribution is 0.0909. The molecule has 1 aliphatic heterocycles. The van der Waals surface area contributed by atoms with E-state index < -0.39 is 0 Å². The second kappa shape index (κ2) is 8.85. The van der Waals surface area contributed by atoms with E-state index in [-0.39, 0.29) is 12.3 Å². The zero-order chi connectivity index (χ0) is 14.9. The zero-order valence-corrected chi connectivity index (χ0v) is 13.0. The monoisotopic (exact) mass is 289 g/mol. The van der Waals surface area contributed by atoms with Crippen LogP contribution in [0.2, 0.25) is 0 Å². The molecule has 2 atom stereocenters. The summed E-state index contributed by atoms with van der Waals surface area (Å²) in [5, 5.41) is 3.46. The Morgan fingerprint density at radius 3 is 2.76 bits per heavy atom. The summed E-state index contributed by atoms with van der Waals surface area (Å²) in [4.78, 5) is 0. The molecule has 0 aromatic heterocycles. The van der Waals surface area contributed by atoms with Gasteiger partial charge in [0.05, 0.1) is 12.6 Å². The quantitative estimate of drug-likeness (QED) is 0.544. The van der Waals surface area contributed by atoms with E-state index >= 15 is 0 Å². The largest absolute Gasteiger partial charge is 0.461 e. The summed E-state index contributed by atoms with van der Waals surface area (Å²) >= 11 is 0. The molecule has 0 spiro atoms. The molecule has 21 heavy (non-hydrogen) atoms. The molecule has 116 valence electrons. The topological polar surface area (TPSA) is 30.5 Å². The van der Waals surface area contributed by atoms with Crippen LogP contribution in [0.4, 0.5) is 0 Å². The summed E-state index contributed by atoms with van der Waals surface area (Å²) in [7, 11) is 0. The minimum atomic E-state index is 0.0887. The van der Waals surface area contributed by atoms with Crippen molar-refractivity contribution in [1.29, 1.82) is 0 Å². The van der Waals surface area contributed by atoms with E-state index in [0.29, 0.717) is 6.61 Å². The highest BCUT2D eigenvalue weighted by molar-refractivity contribution is 5.24. The van der Waals surface area contributed by atoms with Crippen LogP contribution in [-0.4, -0.2) is 18.9 Å². The molecule has 0 amide bonds. The van der Waals surface area contributed by atoms with Crippen LogP contribution in [0.3, 0.4) is 0 Å². The van der Waals surface area contributed by atoms with Gasteiger partial charge in [0.2, 0.25) is 0 Å². The predicted octanol–water partition coefficient (Wildman–Crippen LogP) is 4.25. The fourth-order valence-electron chi connectivity index (χ4n) is 2.53. The molecule has 1 aromatic carbocycles. The minimum Gasteiger partial charge on any atom is -0.461 e. The molecule has 3 nitrogen and oxygen atoms in total. The molecule has 1 saturated heterocycles. The molecule has 1 heterocycles. The van der Waals surface area contributed by atoms with Gasteiger partial charge in [-0.25, -0.2) is 0 Å². The third kappa shape index (κ3) is 5.52. The molecule has 1 N–H and O–H groups in total. The Bertz CT molecular complexity index is 418. The van der Waals surface area contributed by atoms with E-state index in [1.165, 1.54) is 32.1 Å². The Morgan fingerprint density at radius 2 is 2.00 bits per heavy atom. The first-order chi connectivity index (χ1) is 10.3. The number of ether oxygens (including phenoxy) is 2. The molecule has 3 heteroatoms. The highest BCUT2D eigenvalue weighted by Crippen LogP contribution is 2.19. The number of hydrogen-bond acceptors (Lipinski definition) is 3. The van der Waals surface area contributed by atoms with Crippen molar-refractivity contribution in [2.24, 2.45) is 0 Å². The van der Waals surface area contributed by atoms with Gasteiger partial charge in [0, 0.05) is 0 Å². The van der Waals surface area contributed by atoms with E-state index in [4.69, 9.17) is 9.47 Å². The van der Waals surface area contributed by atoms with Crippen LogP contribution in [0.1, 0.15) is 45.4 Å². The lowest BCUT2D eigenvalue weighted by Crippen LogP contribution is -2.33. The summed E-state index contributed by atoms with van der Waals surface area (Å²) in [6, 6.07) is 9.85. The predicted molar refractivity (Wildman–Crippen MR) is 86.2 cm³/mol. The average Bonchev–Trinajstić information content (AvgIpc) is 2.97. The smallest absolute Gasteiger partial charge is 0.126 e. The fourth-order valence-corrected chi connectivity index (χ4v) is 2.53. The van der Waals surface area contributed by atoms with E-state index in [9.17, 15) is 0 Å². The van der Waals surface area contributed by atoms with Gasteiger partial charge in [0.25, 0.3) is 0 Å². The summed E-state index contributed by atoms with van der Waals surface area (Å²) in [6.07, 6.45) is 7.68. The van der Waals surface area contributed by atoms with Crippen molar-refractivity contribution in [3.8, 4) is 5.75 Å². The second-order valence-electron chi connectivity index (χ2n) is 5.63. The van der Waals surface area contributed by atoms with Crippen molar-refractivity contribution >= 4 is 0 Å². The molecule has 1 aromatic rings. The van der Waals surface area contributed by atoms with E-state index in [2.05, 4.69) is 18.8 Å². The SMILES string of the molecule is C=C(Oc1ccccc1)C1COC(CCCCCCC)N1. The van der Waals surface area contributed by atoms with Gasteiger partial charge in [-0.15, -0.1) is 0 Å². The van der Waals surface area contributed by atoms with Gasteiger partial charge in [-0.3, -0.25) is 5.32 Å². The molecule has 0 aliphatic carbocycles. The van der Waals surface area contributed by atoms with Crippen molar-refractivity contribution in [3.05, 3.63) is 42.7 Å². The van der Waals surface area contributed by atoms with Gasteiger partial charge >= 0.3 is 0 Å². The van der Waals surface area contributed by atoms with Gasteiger partial charge in [-0.05, 0) is 25.0 Å². The Hall–Kier alpha value is -1.32. The normalized spacial score (nSPS) is 21.4. The van der Waals surface area contributed by atoms with E-state index in [1.807, 2.05) is 30.3 Å². The van der Waals surface area contributed by atoms with Crippen LogP contribution in [-0.2, 0) is 4.74 Å². The van der Waals surface area contributed by atoms with Crippen LogP contribution in [0.15, 0.2) is 42.7 Å². The van der Waals surface area contributed by atoms with Gasteiger partial charge in [-0.1, -0.05) is 57.4 Å². The van der Waals surface area contributed by atoms with Gasteiger partial charge < -0.3 is 9.47 Å². The first kappa shape index (κ1) is 16.1.